The molecule has 0 N–H and O–H groups in total. The van der Waals surface area contributed by atoms with Crippen molar-refractivity contribution in [1.82, 2.24) is 4.90 Å². The van der Waals surface area contributed by atoms with Crippen molar-refractivity contribution in [3.05, 3.63) is 0 Å². The van der Waals surface area contributed by atoms with Crippen LogP contribution in [-0.4, -0.2) is 42.4 Å². The Morgan fingerprint density at radius 2 is 2.00 bits per heavy atom. The van der Waals surface area contributed by atoms with Crippen molar-refractivity contribution < 1.29 is 0 Å². The van der Waals surface area contributed by atoms with E-state index < -0.39 is 0 Å². The quantitative estimate of drug-likeness (QED) is 0.453. The molecule has 0 heterocycles. The summed E-state index contributed by atoms with van der Waals surface area (Å²) in [6, 6.07) is 0. The number of nitrogens with zero attached hydrogens (tertiary/aromatic N) is 1. The summed E-state index contributed by atoms with van der Waals surface area (Å²) in [7, 11) is 2.17. The van der Waals surface area contributed by atoms with Crippen molar-refractivity contribution >= 4 is 23.4 Å². The van der Waals surface area contributed by atoms with Gasteiger partial charge in [-0.1, -0.05) is 6.92 Å². The zero-order valence-corrected chi connectivity index (χ0v) is 9.05. The highest BCUT2D eigenvalue weighted by molar-refractivity contribution is 7.99. The van der Waals surface area contributed by atoms with E-state index >= 15 is 0 Å². The van der Waals surface area contributed by atoms with Gasteiger partial charge >= 0.3 is 0 Å². The highest BCUT2D eigenvalue weighted by Crippen LogP contribution is 2.00. The molecule has 0 unspecified atom stereocenters. The molecule has 0 aliphatic heterocycles. The van der Waals surface area contributed by atoms with Gasteiger partial charge in [-0.25, -0.2) is 0 Å². The molecule has 1 nitrogen and oxygen atoms in total. The third kappa shape index (κ3) is 8.51. The van der Waals surface area contributed by atoms with Crippen LogP contribution in [0.1, 0.15) is 13.3 Å². The van der Waals surface area contributed by atoms with E-state index in [4.69, 9.17) is 11.6 Å². The summed E-state index contributed by atoms with van der Waals surface area (Å²) in [5, 5.41) is 0. The second-order valence-electron chi connectivity index (χ2n) is 2.60. The molecule has 0 fully saturated rings. The molecule has 0 radical (unpaired) electrons. The zero-order chi connectivity index (χ0) is 8.53. The fourth-order valence-corrected chi connectivity index (χ4v) is 1.95. The van der Waals surface area contributed by atoms with Crippen LogP contribution in [0.5, 0.6) is 0 Å². The molecular formula is C8H18ClNS. The van der Waals surface area contributed by atoms with E-state index in [-0.39, 0.29) is 0 Å². The molecule has 0 aromatic rings. The predicted molar refractivity (Wildman–Crippen MR) is 55.8 cm³/mol. The van der Waals surface area contributed by atoms with Gasteiger partial charge in [-0.15, -0.1) is 11.6 Å². The molecule has 0 saturated heterocycles. The molecule has 0 aromatic heterocycles. The molecule has 0 spiro atoms. The first-order valence-electron chi connectivity index (χ1n) is 4.13. The van der Waals surface area contributed by atoms with E-state index in [1.54, 1.807) is 0 Å². The van der Waals surface area contributed by atoms with Crippen LogP contribution in [0.4, 0.5) is 0 Å². The Morgan fingerprint density at radius 1 is 1.27 bits per heavy atom. The van der Waals surface area contributed by atoms with Crippen LogP contribution in [0.25, 0.3) is 0 Å². The molecule has 3 heteroatoms. The molecular weight excluding hydrogens is 178 g/mol. The van der Waals surface area contributed by atoms with E-state index in [0.717, 1.165) is 11.6 Å². The SMILES string of the molecule is CCCN(C)CCSCCCl. The van der Waals surface area contributed by atoms with Gasteiger partial charge in [-0.3, -0.25) is 0 Å². The van der Waals surface area contributed by atoms with E-state index in [1.165, 1.54) is 25.3 Å². The molecule has 11 heavy (non-hydrogen) atoms. The highest BCUT2D eigenvalue weighted by atomic mass is 35.5. The molecule has 0 saturated carbocycles. The van der Waals surface area contributed by atoms with Gasteiger partial charge in [0.1, 0.15) is 0 Å². The minimum Gasteiger partial charge on any atom is -0.306 e. The van der Waals surface area contributed by atoms with Gasteiger partial charge in [-0.05, 0) is 20.0 Å². The first-order valence-corrected chi connectivity index (χ1v) is 5.82. The molecule has 0 amide bonds. The van der Waals surface area contributed by atoms with Crippen LogP contribution in [0.2, 0.25) is 0 Å². The average molecular weight is 196 g/mol. The molecule has 0 bridgehead atoms. The zero-order valence-electron chi connectivity index (χ0n) is 7.48. The van der Waals surface area contributed by atoms with Crippen molar-refractivity contribution in [3.8, 4) is 0 Å². The monoisotopic (exact) mass is 195 g/mol. The number of hydrogen-bond donors (Lipinski definition) is 0. The lowest BCUT2D eigenvalue weighted by molar-refractivity contribution is 0.356. The lowest BCUT2D eigenvalue weighted by Gasteiger charge is -2.14. The molecule has 68 valence electrons. The minimum absolute atomic E-state index is 0.780. The van der Waals surface area contributed by atoms with Gasteiger partial charge in [0, 0.05) is 23.9 Å². The van der Waals surface area contributed by atoms with Crippen LogP contribution in [0.3, 0.4) is 0 Å². The Balaban J connectivity index is 2.97. The Kier molecular flexibility index (Phi) is 9.17. The van der Waals surface area contributed by atoms with Crippen molar-refractivity contribution in [1.29, 1.82) is 0 Å². The summed E-state index contributed by atoms with van der Waals surface area (Å²) < 4.78 is 0. The summed E-state index contributed by atoms with van der Waals surface area (Å²) in [6.07, 6.45) is 1.25. The predicted octanol–water partition coefficient (Wildman–Crippen LogP) is 2.30. The van der Waals surface area contributed by atoms with E-state index in [0.29, 0.717) is 0 Å². The van der Waals surface area contributed by atoms with E-state index in [1.807, 2.05) is 11.8 Å². The number of alkyl halides is 1. The molecule has 0 aliphatic carbocycles. The first kappa shape index (κ1) is 11.6. The van der Waals surface area contributed by atoms with E-state index in [2.05, 4.69) is 18.9 Å². The van der Waals surface area contributed by atoms with E-state index in [9.17, 15) is 0 Å². The van der Waals surface area contributed by atoms with Crippen LogP contribution >= 0.6 is 23.4 Å². The second kappa shape index (κ2) is 8.69. The largest absolute Gasteiger partial charge is 0.306 e. The molecule has 0 atom stereocenters. The van der Waals surface area contributed by atoms with Gasteiger partial charge < -0.3 is 4.90 Å². The summed E-state index contributed by atoms with van der Waals surface area (Å²) in [6.45, 7) is 4.61. The maximum Gasteiger partial charge on any atom is 0.0314 e. The highest BCUT2D eigenvalue weighted by Gasteiger charge is 1.94. The number of thioether (sulfide) groups is 1. The smallest absolute Gasteiger partial charge is 0.0314 e. The van der Waals surface area contributed by atoms with Crippen LogP contribution < -0.4 is 0 Å². The minimum atomic E-state index is 0.780. The maximum atomic E-state index is 5.54. The lowest BCUT2D eigenvalue weighted by Crippen LogP contribution is -2.21. The molecule has 0 aliphatic rings. The fourth-order valence-electron chi connectivity index (χ4n) is 0.871. The maximum absolute atomic E-state index is 5.54. The van der Waals surface area contributed by atoms with Gasteiger partial charge in [0.2, 0.25) is 0 Å². The standard InChI is InChI=1S/C8H18ClNS/c1-3-5-10(2)6-8-11-7-4-9/h3-8H2,1-2H3. The van der Waals surface area contributed by atoms with Gasteiger partial charge in [0.25, 0.3) is 0 Å². The summed E-state index contributed by atoms with van der Waals surface area (Å²) in [5.41, 5.74) is 0. The van der Waals surface area contributed by atoms with Crippen LogP contribution in [0.15, 0.2) is 0 Å². The Bertz CT molecular complexity index is 80.5. The van der Waals surface area contributed by atoms with Gasteiger partial charge in [-0.2, -0.15) is 11.8 Å². The molecule has 0 rings (SSSR count). The van der Waals surface area contributed by atoms with Crippen molar-refractivity contribution in [2.24, 2.45) is 0 Å². The average Bonchev–Trinajstić information content (AvgIpc) is 1.99. The van der Waals surface area contributed by atoms with Crippen LogP contribution in [-0.2, 0) is 0 Å². The van der Waals surface area contributed by atoms with Gasteiger partial charge in [0.05, 0.1) is 0 Å². The Labute approximate surface area is 79.5 Å². The summed E-state index contributed by atoms with van der Waals surface area (Å²) >= 11 is 7.48. The van der Waals surface area contributed by atoms with Crippen molar-refractivity contribution in [2.75, 3.05) is 37.5 Å². The third-order valence-electron chi connectivity index (χ3n) is 1.44. The number of rotatable bonds is 7. The summed E-state index contributed by atoms with van der Waals surface area (Å²) in [5.74, 6) is 3.08. The Hall–Kier alpha value is 0.600. The summed E-state index contributed by atoms with van der Waals surface area (Å²) in [4.78, 5) is 2.36. The fraction of sp³-hybridized carbons (Fsp3) is 1.00. The molecule has 0 aromatic carbocycles. The number of halogens is 1. The van der Waals surface area contributed by atoms with Crippen molar-refractivity contribution in [3.63, 3.8) is 0 Å². The normalized spacial score (nSPS) is 10.9. The van der Waals surface area contributed by atoms with Gasteiger partial charge in [0.15, 0.2) is 0 Å². The van der Waals surface area contributed by atoms with Crippen molar-refractivity contribution in [2.45, 2.75) is 13.3 Å². The topological polar surface area (TPSA) is 3.24 Å². The lowest BCUT2D eigenvalue weighted by atomic mass is 10.4. The second-order valence-corrected chi connectivity index (χ2v) is 4.21. The number of hydrogen-bond acceptors (Lipinski definition) is 2. The third-order valence-corrected chi connectivity index (χ3v) is 2.82. The first-order chi connectivity index (χ1) is 5.31. The Morgan fingerprint density at radius 3 is 2.55 bits per heavy atom. The van der Waals surface area contributed by atoms with Crippen LogP contribution in [0, 0.1) is 0 Å².